The molecule has 0 fully saturated rings. The van der Waals surface area contributed by atoms with E-state index in [2.05, 4.69) is 77.3 Å². The Morgan fingerprint density at radius 3 is 1.54 bits per heavy atom. The van der Waals surface area contributed by atoms with Crippen LogP contribution in [0.25, 0.3) is 0 Å². The lowest BCUT2D eigenvalue weighted by Gasteiger charge is -2.56. The molecule has 4 heteroatoms. The Morgan fingerprint density at radius 2 is 1.04 bits per heavy atom. The Labute approximate surface area is 152 Å². The minimum absolute atomic E-state index is 0.0563. The normalized spacial score (nSPS) is 20.7. The molecule has 2 bridgehead atoms. The monoisotopic (exact) mass is 345 g/mol. The summed E-state index contributed by atoms with van der Waals surface area (Å²) in [5, 5.41) is 0. The van der Waals surface area contributed by atoms with Gasteiger partial charge in [-0.05, 0) is 24.3 Å². The summed E-state index contributed by atoms with van der Waals surface area (Å²) in [6.45, 7) is 0. The van der Waals surface area contributed by atoms with Gasteiger partial charge in [0.2, 0.25) is 0 Å². The molecule has 0 amide bonds. The highest BCUT2D eigenvalue weighted by Crippen LogP contribution is 2.53. The molecular weight excluding hydrogens is 325 g/mol. The van der Waals surface area contributed by atoms with Crippen LogP contribution in [0.4, 0.5) is 21.5 Å². The lowest BCUT2D eigenvalue weighted by atomic mass is 9.92. The molecule has 3 nitrogen and oxygen atoms in total. The van der Waals surface area contributed by atoms with E-state index < -0.39 is 0 Å². The quantitative estimate of drug-likeness (QED) is 0.619. The van der Waals surface area contributed by atoms with Gasteiger partial charge in [-0.25, -0.2) is 4.39 Å². The molecule has 0 saturated heterocycles. The molecule has 5 rings (SSSR count). The van der Waals surface area contributed by atoms with Crippen molar-refractivity contribution in [2.45, 2.75) is 12.3 Å². The third kappa shape index (κ3) is 1.93. The number of benzene rings is 3. The number of anilines is 3. The van der Waals surface area contributed by atoms with Crippen molar-refractivity contribution in [1.29, 1.82) is 0 Å². The molecule has 2 aliphatic heterocycles. The van der Waals surface area contributed by atoms with E-state index in [0.717, 1.165) is 0 Å². The first-order valence-electron chi connectivity index (χ1n) is 8.85. The van der Waals surface area contributed by atoms with Crippen LogP contribution in [0.1, 0.15) is 23.5 Å². The SMILES string of the molecule is CN1c2ccccc2C2N(C)c3ccccc3C1N2c1ccccc1F. The van der Waals surface area contributed by atoms with E-state index in [1.807, 2.05) is 12.1 Å². The first-order valence-corrected chi connectivity index (χ1v) is 8.85. The summed E-state index contributed by atoms with van der Waals surface area (Å²) in [6.07, 6.45) is -0.113. The van der Waals surface area contributed by atoms with Crippen molar-refractivity contribution in [2.24, 2.45) is 0 Å². The average Bonchev–Trinajstić information content (AvgIpc) is 2.68. The van der Waals surface area contributed by atoms with Gasteiger partial charge in [-0.3, -0.25) is 0 Å². The highest BCUT2D eigenvalue weighted by molar-refractivity contribution is 5.74. The summed E-state index contributed by atoms with van der Waals surface area (Å²) in [7, 11) is 4.19. The van der Waals surface area contributed by atoms with Crippen LogP contribution >= 0.6 is 0 Å². The van der Waals surface area contributed by atoms with Gasteiger partial charge in [0.15, 0.2) is 0 Å². The Bertz CT molecular complexity index is 929. The first-order chi connectivity index (χ1) is 12.7. The molecule has 3 aromatic carbocycles. The van der Waals surface area contributed by atoms with Crippen LogP contribution in [0.3, 0.4) is 0 Å². The van der Waals surface area contributed by atoms with E-state index in [1.54, 1.807) is 6.07 Å². The number of hydrogen-bond donors (Lipinski definition) is 0. The van der Waals surface area contributed by atoms with Gasteiger partial charge in [-0.2, -0.15) is 0 Å². The average molecular weight is 345 g/mol. The lowest BCUT2D eigenvalue weighted by Crippen LogP contribution is -2.55. The summed E-state index contributed by atoms with van der Waals surface area (Å²) in [5.74, 6) is -0.192. The Morgan fingerprint density at radius 1 is 0.615 bits per heavy atom. The van der Waals surface area contributed by atoms with Gasteiger partial charge in [-0.15, -0.1) is 0 Å². The summed E-state index contributed by atoms with van der Waals surface area (Å²) < 4.78 is 14.8. The zero-order chi connectivity index (χ0) is 17.8. The van der Waals surface area contributed by atoms with Gasteiger partial charge in [-0.1, -0.05) is 48.5 Å². The number of halogens is 1. The predicted octanol–water partition coefficient (Wildman–Crippen LogP) is 4.93. The second-order valence-electron chi connectivity index (χ2n) is 6.95. The minimum Gasteiger partial charge on any atom is -0.350 e. The third-order valence-corrected chi connectivity index (χ3v) is 5.58. The molecule has 0 aromatic heterocycles. The maximum Gasteiger partial charge on any atom is 0.146 e. The zero-order valence-electron chi connectivity index (χ0n) is 14.8. The molecule has 0 spiro atoms. The van der Waals surface area contributed by atoms with E-state index in [0.29, 0.717) is 5.69 Å². The van der Waals surface area contributed by atoms with E-state index >= 15 is 0 Å². The Balaban J connectivity index is 1.82. The van der Waals surface area contributed by atoms with Crippen molar-refractivity contribution in [3.63, 3.8) is 0 Å². The molecule has 2 atom stereocenters. The highest BCUT2D eigenvalue weighted by Gasteiger charge is 2.46. The molecule has 0 aliphatic carbocycles. The standard InChI is InChI=1S/C22H20FN3/c1-24-18-12-6-3-9-15(18)22-25(2)19-13-7-4-10-16(19)21(24)26(22)20-14-8-5-11-17(20)23/h3-14,21-22H,1-2H3. The van der Waals surface area contributed by atoms with Gasteiger partial charge in [0, 0.05) is 36.6 Å². The van der Waals surface area contributed by atoms with Crippen molar-refractivity contribution in [1.82, 2.24) is 0 Å². The van der Waals surface area contributed by atoms with Crippen molar-refractivity contribution < 1.29 is 4.39 Å². The maximum atomic E-state index is 14.8. The summed E-state index contributed by atoms with van der Waals surface area (Å²) in [4.78, 5) is 6.70. The van der Waals surface area contributed by atoms with Crippen molar-refractivity contribution in [3.05, 3.63) is 89.7 Å². The van der Waals surface area contributed by atoms with Crippen LogP contribution in [-0.2, 0) is 0 Å². The Kier molecular flexibility index (Phi) is 3.23. The Hall–Kier alpha value is -3.01. The van der Waals surface area contributed by atoms with Crippen molar-refractivity contribution in [2.75, 3.05) is 28.8 Å². The second-order valence-corrected chi connectivity index (χ2v) is 6.95. The largest absolute Gasteiger partial charge is 0.350 e. The molecule has 2 unspecified atom stereocenters. The second kappa shape index (κ2) is 5.49. The van der Waals surface area contributed by atoms with E-state index in [-0.39, 0.29) is 18.1 Å². The number of nitrogens with zero attached hydrogens (tertiary/aromatic N) is 3. The van der Waals surface area contributed by atoms with Crippen LogP contribution in [0.2, 0.25) is 0 Å². The lowest BCUT2D eigenvalue weighted by molar-refractivity contribution is 0.454. The van der Waals surface area contributed by atoms with Crippen LogP contribution in [0.5, 0.6) is 0 Å². The molecule has 2 heterocycles. The fourth-order valence-corrected chi connectivity index (χ4v) is 4.47. The van der Waals surface area contributed by atoms with Crippen LogP contribution < -0.4 is 14.7 Å². The maximum absolute atomic E-state index is 14.8. The number of fused-ring (bicyclic) bond motifs is 6. The number of hydrogen-bond acceptors (Lipinski definition) is 3. The number of para-hydroxylation sites is 3. The summed E-state index contributed by atoms with van der Waals surface area (Å²) in [5.41, 5.74) is 5.39. The first kappa shape index (κ1) is 15.3. The minimum atomic E-state index is -0.192. The number of rotatable bonds is 1. The predicted molar refractivity (Wildman–Crippen MR) is 104 cm³/mol. The van der Waals surface area contributed by atoms with E-state index in [4.69, 9.17) is 0 Å². The third-order valence-electron chi connectivity index (χ3n) is 5.58. The molecular formula is C22H20FN3. The van der Waals surface area contributed by atoms with Crippen molar-refractivity contribution >= 4 is 17.1 Å². The molecule has 130 valence electrons. The fourth-order valence-electron chi connectivity index (χ4n) is 4.47. The van der Waals surface area contributed by atoms with Crippen molar-refractivity contribution in [3.8, 4) is 0 Å². The molecule has 0 saturated carbocycles. The molecule has 0 radical (unpaired) electrons. The molecule has 2 aliphatic rings. The molecule has 0 N–H and O–H groups in total. The van der Waals surface area contributed by atoms with Crippen LogP contribution in [0.15, 0.2) is 72.8 Å². The highest BCUT2D eigenvalue weighted by atomic mass is 19.1. The van der Waals surface area contributed by atoms with Gasteiger partial charge in [0.1, 0.15) is 18.1 Å². The van der Waals surface area contributed by atoms with Crippen LogP contribution in [0, 0.1) is 5.82 Å². The topological polar surface area (TPSA) is 9.72 Å². The fraction of sp³-hybridized carbons (Fsp3) is 0.182. The smallest absolute Gasteiger partial charge is 0.146 e. The summed E-state index contributed by atoms with van der Waals surface area (Å²) in [6, 6.07) is 23.9. The van der Waals surface area contributed by atoms with Gasteiger partial charge in [0.05, 0.1) is 5.69 Å². The van der Waals surface area contributed by atoms with Gasteiger partial charge < -0.3 is 14.7 Å². The van der Waals surface area contributed by atoms with Gasteiger partial charge >= 0.3 is 0 Å². The van der Waals surface area contributed by atoms with Crippen LogP contribution in [-0.4, -0.2) is 14.1 Å². The van der Waals surface area contributed by atoms with Gasteiger partial charge in [0.25, 0.3) is 0 Å². The van der Waals surface area contributed by atoms with E-state index in [1.165, 1.54) is 28.6 Å². The molecule has 26 heavy (non-hydrogen) atoms. The van der Waals surface area contributed by atoms with E-state index in [9.17, 15) is 4.39 Å². The molecule has 3 aromatic rings. The zero-order valence-corrected chi connectivity index (χ0v) is 14.8. The summed E-state index contributed by atoms with van der Waals surface area (Å²) >= 11 is 0.